The Morgan fingerprint density at radius 3 is 2.78 bits per heavy atom. The third kappa shape index (κ3) is 4.31. The van der Waals surface area contributed by atoms with Crippen molar-refractivity contribution < 1.29 is 9.53 Å². The van der Waals surface area contributed by atoms with E-state index in [-0.39, 0.29) is 11.2 Å². The molecule has 0 aliphatic carbocycles. The number of rotatable bonds is 6. The minimum absolute atomic E-state index is 0.0803. The third-order valence-electron chi connectivity index (χ3n) is 4.16. The summed E-state index contributed by atoms with van der Waals surface area (Å²) in [7, 11) is 1.62. The van der Waals surface area contributed by atoms with Gasteiger partial charge in [0.1, 0.15) is 12.1 Å². The zero-order valence-electron chi connectivity index (χ0n) is 15.8. The molecule has 140 valence electrons. The Bertz CT molecular complexity index is 955. The second kappa shape index (κ2) is 8.26. The van der Waals surface area contributed by atoms with Gasteiger partial charge in [-0.3, -0.25) is 9.36 Å². The van der Waals surface area contributed by atoms with Crippen molar-refractivity contribution in [3.05, 3.63) is 59.9 Å². The highest BCUT2D eigenvalue weighted by Crippen LogP contribution is 2.29. The van der Waals surface area contributed by atoms with Crippen molar-refractivity contribution in [3.63, 3.8) is 0 Å². The lowest BCUT2D eigenvalue weighted by Crippen LogP contribution is -2.23. The smallest absolute Gasteiger partial charge is 0.237 e. The van der Waals surface area contributed by atoms with Gasteiger partial charge in [0.15, 0.2) is 5.16 Å². The van der Waals surface area contributed by atoms with Gasteiger partial charge in [0.2, 0.25) is 5.91 Å². The lowest BCUT2D eigenvalue weighted by Gasteiger charge is -2.15. The maximum absolute atomic E-state index is 12.7. The van der Waals surface area contributed by atoms with E-state index in [9.17, 15) is 4.79 Å². The molecule has 1 N–H and O–H groups in total. The van der Waals surface area contributed by atoms with Crippen LogP contribution in [0.25, 0.3) is 5.69 Å². The van der Waals surface area contributed by atoms with Crippen LogP contribution in [0.2, 0.25) is 0 Å². The van der Waals surface area contributed by atoms with Crippen molar-refractivity contribution in [1.82, 2.24) is 14.8 Å². The molecule has 0 fully saturated rings. The summed E-state index contributed by atoms with van der Waals surface area (Å²) in [5.41, 5.74) is 3.80. The van der Waals surface area contributed by atoms with Crippen LogP contribution < -0.4 is 10.1 Å². The number of ether oxygens (including phenoxy) is 1. The Balaban J connectivity index is 1.77. The second-order valence-electron chi connectivity index (χ2n) is 6.22. The number of hydrogen-bond acceptors (Lipinski definition) is 5. The van der Waals surface area contributed by atoms with Crippen LogP contribution in [0.3, 0.4) is 0 Å². The molecule has 0 bridgehead atoms. The fourth-order valence-corrected chi connectivity index (χ4v) is 3.45. The van der Waals surface area contributed by atoms with Crippen molar-refractivity contribution in [2.75, 3.05) is 12.4 Å². The molecule has 0 saturated heterocycles. The highest BCUT2D eigenvalue weighted by molar-refractivity contribution is 8.00. The summed E-state index contributed by atoms with van der Waals surface area (Å²) in [6.45, 7) is 5.83. The number of hydrogen-bond donors (Lipinski definition) is 1. The van der Waals surface area contributed by atoms with Gasteiger partial charge in [-0.15, -0.1) is 10.2 Å². The molecule has 0 aliphatic heterocycles. The van der Waals surface area contributed by atoms with Crippen LogP contribution in [0.1, 0.15) is 18.1 Å². The van der Waals surface area contributed by atoms with Crippen molar-refractivity contribution in [2.24, 2.45) is 0 Å². The molecule has 0 radical (unpaired) electrons. The van der Waals surface area contributed by atoms with E-state index in [1.807, 2.05) is 67.8 Å². The Morgan fingerprint density at radius 2 is 2.00 bits per heavy atom. The first kappa shape index (κ1) is 19.0. The molecule has 7 heteroatoms. The maximum Gasteiger partial charge on any atom is 0.237 e. The number of benzene rings is 2. The first-order valence-corrected chi connectivity index (χ1v) is 9.45. The van der Waals surface area contributed by atoms with Gasteiger partial charge in [-0.2, -0.15) is 0 Å². The fourth-order valence-electron chi connectivity index (χ4n) is 2.62. The minimum atomic E-state index is -0.345. The zero-order chi connectivity index (χ0) is 19.4. The Morgan fingerprint density at radius 1 is 1.22 bits per heavy atom. The average molecular weight is 382 g/mol. The molecular formula is C20H22N4O2S. The predicted molar refractivity (Wildman–Crippen MR) is 108 cm³/mol. The second-order valence-corrected chi connectivity index (χ2v) is 7.53. The number of thioether (sulfide) groups is 1. The predicted octanol–water partition coefficient (Wildman–Crippen LogP) is 4.01. The van der Waals surface area contributed by atoms with Crippen molar-refractivity contribution >= 4 is 23.4 Å². The van der Waals surface area contributed by atoms with E-state index in [0.717, 1.165) is 22.5 Å². The molecule has 2 aromatic carbocycles. The van der Waals surface area contributed by atoms with Gasteiger partial charge >= 0.3 is 0 Å². The number of nitrogens with one attached hydrogen (secondary N) is 1. The molecule has 0 spiro atoms. The van der Waals surface area contributed by atoms with Gasteiger partial charge < -0.3 is 10.1 Å². The molecule has 1 unspecified atom stereocenters. The molecule has 6 nitrogen and oxygen atoms in total. The number of aromatic nitrogens is 3. The number of methoxy groups -OCH3 is 1. The molecule has 0 saturated carbocycles. The highest BCUT2D eigenvalue weighted by atomic mass is 32.2. The summed E-state index contributed by atoms with van der Waals surface area (Å²) in [5.74, 6) is 0.634. The molecule has 1 amide bonds. The number of aryl methyl sites for hydroxylation is 2. The van der Waals surface area contributed by atoms with E-state index in [1.165, 1.54) is 11.8 Å². The van der Waals surface area contributed by atoms with Crippen LogP contribution in [0.4, 0.5) is 5.69 Å². The molecular weight excluding hydrogens is 360 g/mol. The number of nitrogens with zero attached hydrogens (tertiary/aromatic N) is 3. The van der Waals surface area contributed by atoms with Gasteiger partial charge in [-0.1, -0.05) is 36.0 Å². The number of amides is 1. The third-order valence-corrected chi connectivity index (χ3v) is 5.22. The molecule has 1 heterocycles. The van der Waals surface area contributed by atoms with Crippen molar-refractivity contribution in [1.29, 1.82) is 0 Å². The van der Waals surface area contributed by atoms with Crippen LogP contribution in [-0.4, -0.2) is 33.0 Å². The number of anilines is 1. The summed E-state index contributed by atoms with van der Waals surface area (Å²) < 4.78 is 7.24. The summed E-state index contributed by atoms with van der Waals surface area (Å²) in [6.07, 6.45) is 1.62. The molecule has 1 atom stereocenters. The summed E-state index contributed by atoms with van der Waals surface area (Å²) in [6, 6.07) is 13.6. The largest absolute Gasteiger partial charge is 0.495 e. The quantitative estimate of drug-likeness (QED) is 0.652. The van der Waals surface area contributed by atoms with E-state index in [1.54, 1.807) is 13.4 Å². The van der Waals surface area contributed by atoms with Crippen molar-refractivity contribution in [3.8, 4) is 11.4 Å². The minimum Gasteiger partial charge on any atom is -0.495 e. The van der Waals surface area contributed by atoms with Crippen LogP contribution in [0.15, 0.2) is 53.9 Å². The summed E-state index contributed by atoms with van der Waals surface area (Å²) in [4.78, 5) is 12.7. The van der Waals surface area contributed by atoms with Crippen molar-refractivity contribution in [2.45, 2.75) is 31.2 Å². The normalized spacial score (nSPS) is 11.9. The Labute approximate surface area is 163 Å². The summed E-state index contributed by atoms with van der Waals surface area (Å²) >= 11 is 1.35. The molecule has 27 heavy (non-hydrogen) atoms. The maximum atomic E-state index is 12.7. The van der Waals surface area contributed by atoms with Gasteiger partial charge in [0, 0.05) is 5.69 Å². The van der Waals surface area contributed by atoms with Gasteiger partial charge in [-0.25, -0.2) is 0 Å². The summed E-state index contributed by atoms with van der Waals surface area (Å²) in [5, 5.41) is 11.5. The van der Waals surface area contributed by atoms with E-state index in [2.05, 4.69) is 15.5 Å². The zero-order valence-corrected chi connectivity index (χ0v) is 16.6. The van der Waals surface area contributed by atoms with Gasteiger partial charge in [0.25, 0.3) is 0 Å². The lowest BCUT2D eigenvalue weighted by molar-refractivity contribution is -0.115. The lowest BCUT2D eigenvalue weighted by atomic mass is 10.1. The highest BCUT2D eigenvalue weighted by Gasteiger charge is 2.20. The standard InChI is InChI=1S/C20H22N4O2S/c1-13-9-10-14(2)16(11-13)22-19(25)15(3)27-20-23-21-12-24(20)17-7-5-6-8-18(17)26-4/h5-12,15H,1-4H3,(H,22,25). The van der Waals surface area contributed by atoms with Crippen LogP contribution in [0, 0.1) is 13.8 Å². The van der Waals surface area contributed by atoms with E-state index >= 15 is 0 Å². The van der Waals surface area contributed by atoms with E-state index in [4.69, 9.17) is 4.74 Å². The first-order chi connectivity index (χ1) is 13.0. The number of carbonyl (C=O) groups excluding carboxylic acids is 1. The average Bonchev–Trinajstić information content (AvgIpc) is 3.12. The Kier molecular flexibility index (Phi) is 5.81. The van der Waals surface area contributed by atoms with Gasteiger partial charge in [-0.05, 0) is 50.1 Å². The number of carbonyl (C=O) groups is 1. The first-order valence-electron chi connectivity index (χ1n) is 8.57. The molecule has 3 aromatic rings. The van der Waals surface area contributed by atoms with Crippen LogP contribution in [-0.2, 0) is 4.79 Å². The number of para-hydroxylation sites is 2. The SMILES string of the molecule is COc1ccccc1-n1cnnc1SC(C)C(=O)Nc1cc(C)ccc1C. The van der Waals surface area contributed by atoms with Crippen LogP contribution >= 0.6 is 11.8 Å². The van der Waals surface area contributed by atoms with E-state index < -0.39 is 0 Å². The topological polar surface area (TPSA) is 69.0 Å². The van der Waals surface area contributed by atoms with E-state index in [0.29, 0.717) is 10.9 Å². The fraction of sp³-hybridized carbons (Fsp3) is 0.250. The molecule has 0 aliphatic rings. The molecule has 3 rings (SSSR count). The van der Waals surface area contributed by atoms with Gasteiger partial charge in [0.05, 0.1) is 18.0 Å². The van der Waals surface area contributed by atoms with Crippen LogP contribution in [0.5, 0.6) is 5.75 Å². The Hall–Kier alpha value is -2.80. The monoisotopic (exact) mass is 382 g/mol. The molecule has 1 aromatic heterocycles.